The van der Waals surface area contributed by atoms with E-state index < -0.39 is 0 Å². The number of aromatic nitrogens is 3. The number of pyridine rings is 1. The van der Waals surface area contributed by atoms with Crippen molar-refractivity contribution in [2.45, 2.75) is 65.1 Å². The molecule has 1 fully saturated rings. The molecule has 3 aromatic heterocycles. The van der Waals surface area contributed by atoms with Gasteiger partial charge in [-0.1, -0.05) is 6.92 Å². The molecular weight excluding hydrogens is 448 g/mol. The molecule has 1 amide bonds. The quantitative estimate of drug-likeness (QED) is 0.448. The molecule has 1 aliphatic heterocycles. The number of thiophene rings is 1. The molecule has 4 rings (SSSR count). The average molecular weight is 485 g/mol. The number of fused-ring (bicyclic) bond motifs is 1. The van der Waals surface area contributed by atoms with Gasteiger partial charge in [0.2, 0.25) is 5.91 Å². The zero-order valence-electron chi connectivity index (χ0n) is 20.9. The summed E-state index contributed by atoms with van der Waals surface area (Å²) in [7, 11) is 1.85. The van der Waals surface area contributed by atoms with Gasteiger partial charge in [0.05, 0.1) is 26.5 Å². The van der Waals surface area contributed by atoms with Crippen molar-refractivity contribution >= 4 is 39.0 Å². The summed E-state index contributed by atoms with van der Waals surface area (Å²) >= 11 is 1.71. The van der Waals surface area contributed by atoms with Gasteiger partial charge < -0.3 is 20.3 Å². The highest BCUT2D eigenvalue weighted by molar-refractivity contribution is 7.22. The van der Waals surface area contributed by atoms with Crippen LogP contribution >= 0.6 is 11.3 Å². The zero-order valence-corrected chi connectivity index (χ0v) is 21.7. The van der Waals surface area contributed by atoms with Gasteiger partial charge in [-0.05, 0) is 52.2 Å². The van der Waals surface area contributed by atoms with Crippen LogP contribution in [0.25, 0.3) is 20.8 Å². The maximum absolute atomic E-state index is 11.9. The third-order valence-corrected chi connectivity index (χ3v) is 7.00. The second-order valence-corrected chi connectivity index (χ2v) is 10.9. The molecule has 1 atom stereocenters. The molecule has 1 unspecified atom stereocenters. The Morgan fingerprint density at radius 3 is 2.85 bits per heavy atom. The lowest BCUT2D eigenvalue weighted by Crippen LogP contribution is -2.30. The van der Waals surface area contributed by atoms with Crippen molar-refractivity contribution < 1.29 is 9.53 Å². The first-order valence-corrected chi connectivity index (χ1v) is 12.9. The number of ether oxygens (including phenoxy) is 1. The van der Waals surface area contributed by atoms with Crippen LogP contribution in [-0.4, -0.2) is 57.9 Å². The van der Waals surface area contributed by atoms with Crippen molar-refractivity contribution in [2.75, 3.05) is 37.4 Å². The summed E-state index contributed by atoms with van der Waals surface area (Å²) in [5.74, 6) is 0.974. The number of nitrogens with zero attached hydrogens (tertiary/aromatic N) is 4. The Balaban J connectivity index is 1.65. The van der Waals surface area contributed by atoms with Crippen LogP contribution in [0.15, 0.2) is 24.4 Å². The Labute approximate surface area is 205 Å². The Kier molecular flexibility index (Phi) is 7.42. The number of amides is 1. The first-order valence-electron chi connectivity index (χ1n) is 12.1. The molecule has 0 spiro atoms. The van der Waals surface area contributed by atoms with Crippen LogP contribution < -0.4 is 10.6 Å². The van der Waals surface area contributed by atoms with Crippen LogP contribution in [-0.2, 0) is 9.53 Å². The third kappa shape index (κ3) is 5.70. The summed E-state index contributed by atoms with van der Waals surface area (Å²) in [5, 5.41) is 11.6. The Morgan fingerprint density at radius 1 is 1.32 bits per heavy atom. The van der Waals surface area contributed by atoms with E-state index in [2.05, 4.69) is 54.7 Å². The minimum atomic E-state index is -0.110. The number of carbonyl (C=O) groups excluding carboxylic acids is 1. The van der Waals surface area contributed by atoms with Crippen LogP contribution in [0.2, 0.25) is 0 Å². The number of anilines is 2. The number of likely N-dealkylation sites (N-methyl/N-ethyl adjacent to an activating group) is 1. The van der Waals surface area contributed by atoms with E-state index >= 15 is 0 Å². The van der Waals surface area contributed by atoms with Crippen molar-refractivity contribution in [1.29, 1.82) is 0 Å². The molecule has 34 heavy (non-hydrogen) atoms. The molecule has 2 N–H and O–H groups in total. The van der Waals surface area contributed by atoms with Crippen LogP contribution in [0.1, 0.15) is 59.6 Å². The van der Waals surface area contributed by atoms with Gasteiger partial charge in [-0.3, -0.25) is 4.79 Å². The van der Waals surface area contributed by atoms with Crippen molar-refractivity contribution in [2.24, 2.45) is 0 Å². The number of hydrogen-bond acceptors (Lipinski definition) is 7. The van der Waals surface area contributed by atoms with Gasteiger partial charge >= 0.3 is 0 Å². The van der Waals surface area contributed by atoms with Crippen LogP contribution in [0.4, 0.5) is 11.5 Å². The van der Waals surface area contributed by atoms with Crippen molar-refractivity contribution in [1.82, 2.24) is 19.7 Å². The smallest absolute Gasteiger partial charge is 0.222 e. The van der Waals surface area contributed by atoms with Gasteiger partial charge in [0.15, 0.2) is 6.23 Å². The van der Waals surface area contributed by atoms with Crippen LogP contribution in [0, 0.1) is 0 Å². The summed E-state index contributed by atoms with van der Waals surface area (Å²) in [6.07, 6.45) is 5.59. The minimum absolute atomic E-state index is 0.0146. The van der Waals surface area contributed by atoms with Gasteiger partial charge in [0.25, 0.3) is 0 Å². The van der Waals surface area contributed by atoms with Crippen LogP contribution in [0.5, 0.6) is 0 Å². The molecule has 0 aliphatic carbocycles. The second kappa shape index (κ2) is 10.3. The van der Waals surface area contributed by atoms with Crippen molar-refractivity contribution in [3.05, 3.63) is 24.4 Å². The van der Waals surface area contributed by atoms with Gasteiger partial charge in [0, 0.05) is 51.0 Å². The van der Waals surface area contributed by atoms with Gasteiger partial charge in [-0.2, -0.15) is 5.10 Å². The first-order chi connectivity index (χ1) is 16.2. The van der Waals surface area contributed by atoms with E-state index in [1.165, 1.54) is 0 Å². The predicted molar refractivity (Wildman–Crippen MR) is 139 cm³/mol. The van der Waals surface area contributed by atoms with E-state index in [4.69, 9.17) is 9.72 Å². The van der Waals surface area contributed by atoms with E-state index in [9.17, 15) is 4.79 Å². The van der Waals surface area contributed by atoms with Gasteiger partial charge in [0.1, 0.15) is 5.82 Å². The lowest BCUT2D eigenvalue weighted by atomic mass is 10.1. The van der Waals surface area contributed by atoms with Gasteiger partial charge in [-0.25, -0.2) is 9.67 Å². The zero-order chi connectivity index (χ0) is 24.3. The fourth-order valence-electron chi connectivity index (χ4n) is 4.14. The minimum Gasteiger partial charge on any atom is -0.382 e. The largest absolute Gasteiger partial charge is 0.382 e. The standard InChI is InChI=1S/C25H36N6O2S/c1-6-22(32)30(5)13-12-26-17-16-21(29-25(2,3)4)28-18-15-20(34-24(17)18)19-10-11-27-31(19)23-9-7-8-14-33-23/h10-11,15-16,23H,6-9,12-14H2,1-5H3,(H2,26,28,29). The van der Waals surface area contributed by atoms with Crippen molar-refractivity contribution in [3.8, 4) is 10.6 Å². The first kappa shape index (κ1) is 24.5. The molecule has 1 aliphatic rings. The van der Waals surface area contributed by atoms with Gasteiger partial charge in [-0.15, -0.1) is 11.3 Å². The number of carbonyl (C=O) groups is 1. The van der Waals surface area contributed by atoms with E-state index in [0.717, 1.165) is 58.2 Å². The Morgan fingerprint density at radius 2 is 2.15 bits per heavy atom. The summed E-state index contributed by atoms with van der Waals surface area (Å²) in [6, 6.07) is 6.26. The van der Waals surface area contributed by atoms with Crippen LogP contribution in [0.3, 0.4) is 0 Å². The Hall–Kier alpha value is -2.65. The molecule has 9 heteroatoms. The number of nitrogens with one attached hydrogen (secondary N) is 2. The molecule has 8 nitrogen and oxygen atoms in total. The molecule has 0 aromatic carbocycles. The Bertz CT molecular complexity index is 1130. The predicted octanol–water partition coefficient (Wildman–Crippen LogP) is 5.35. The highest BCUT2D eigenvalue weighted by Crippen LogP contribution is 2.39. The van der Waals surface area contributed by atoms with E-state index in [-0.39, 0.29) is 17.7 Å². The van der Waals surface area contributed by atoms with E-state index in [0.29, 0.717) is 19.5 Å². The lowest BCUT2D eigenvalue weighted by Gasteiger charge is -2.24. The topological polar surface area (TPSA) is 84.3 Å². The van der Waals surface area contributed by atoms with E-state index in [1.807, 2.05) is 24.9 Å². The van der Waals surface area contributed by atoms with E-state index in [1.54, 1.807) is 16.2 Å². The number of hydrogen-bond donors (Lipinski definition) is 2. The summed E-state index contributed by atoms with van der Waals surface area (Å²) < 4.78 is 9.10. The molecular formula is C25H36N6O2S. The molecule has 0 bridgehead atoms. The monoisotopic (exact) mass is 484 g/mol. The molecule has 0 saturated carbocycles. The lowest BCUT2D eigenvalue weighted by molar-refractivity contribution is -0.129. The molecule has 184 valence electrons. The summed E-state index contributed by atoms with van der Waals surface area (Å²) in [6.45, 7) is 10.3. The summed E-state index contributed by atoms with van der Waals surface area (Å²) in [4.78, 5) is 19.7. The molecule has 0 radical (unpaired) electrons. The third-order valence-electron chi connectivity index (χ3n) is 5.82. The number of rotatable bonds is 8. The normalized spacial score (nSPS) is 16.6. The molecule has 4 heterocycles. The molecule has 1 saturated heterocycles. The highest BCUT2D eigenvalue weighted by atomic mass is 32.1. The maximum atomic E-state index is 11.9. The SMILES string of the molecule is CCC(=O)N(C)CCNc1cc(NC(C)(C)C)nc2cc(-c3ccnn3C3CCCCO3)sc12. The fourth-order valence-corrected chi connectivity index (χ4v) is 5.24. The van der Waals surface area contributed by atoms with Crippen molar-refractivity contribution in [3.63, 3.8) is 0 Å². The average Bonchev–Trinajstić information content (AvgIpc) is 3.45. The second-order valence-electron chi connectivity index (χ2n) is 9.83. The highest BCUT2D eigenvalue weighted by Gasteiger charge is 2.22. The fraction of sp³-hybridized carbons (Fsp3) is 0.560. The maximum Gasteiger partial charge on any atom is 0.222 e. The summed E-state index contributed by atoms with van der Waals surface area (Å²) in [5.41, 5.74) is 2.90. The molecule has 3 aromatic rings.